The number of carbonyl (C=O) groups excluding carboxylic acids is 2. The third kappa shape index (κ3) is 5.26. The van der Waals surface area contributed by atoms with Gasteiger partial charge in [-0.1, -0.05) is 6.92 Å². The normalized spacial score (nSPS) is 28.9. The highest BCUT2D eigenvalue weighted by Gasteiger charge is 2.63. The molecule has 2 unspecified atom stereocenters. The molecule has 1 aromatic heterocycles. The van der Waals surface area contributed by atoms with Crippen molar-refractivity contribution in [3.05, 3.63) is 32.6 Å². The number of halogens is 1. The summed E-state index contributed by atoms with van der Waals surface area (Å²) in [5.41, 5.74) is -6.70. The molecule has 0 aliphatic carbocycles. The van der Waals surface area contributed by atoms with Gasteiger partial charge in [0.25, 0.3) is 5.56 Å². The monoisotopic (exact) mass is 458 g/mol. The Morgan fingerprint density at radius 3 is 2.50 bits per heavy atom. The Morgan fingerprint density at radius 1 is 1.34 bits per heavy atom. The van der Waals surface area contributed by atoms with Crippen molar-refractivity contribution in [1.29, 1.82) is 0 Å². The molecular formula is C21H31FN2O8. The standard InChI is InChI=1S/C21H31FN2O8/c1-11(8-14(25)32-19(3,4)5)16(27)30-10-13-21(7,29)20(6,22)17(31-13)24-9-12(2)15(26)23-18(24)28/h9,11,13,17,29H,8,10H2,1-7H3,(H,23,26,28)/t11-,13-,17?,20+,21?/m1/s1. The fraction of sp³-hybridized carbons (Fsp3) is 0.714. The van der Waals surface area contributed by atoms with Crippen LogP contribution in [0.3, 0.4) is 0 Å². The Kier molecular flexibility index (Phi) is 7.06. The average Bonchev–Trinajstić information content (AvgIpc) is 2.79. The van der Waals surface area contributed by atoms with Crippen LogP contribution in [0.5, 0.6) is 0 Å². The number of hydrogen-bond donors (Lipinski definition) is 2. The molecule has 11 heteroatoms. The molecule has 0 amide bonds. The molecule has 32 heavy (non-hydrogen) atoms. The number of rotatable bonds is 6. The molecule has 0 aromatic carbocycles. The zero-order valence-corrected chi connectivity index (χ0v) is 19.4. The van der Waals surface area contributed by atoms with Crippen molar-refractivity contribution in [1.82, 2.24) is 9.55 Å². The highest BCUT2D eigenvalue weighted by Crippen LogP contribution is 2.47. The van der Waals surface area contributed by atoms with Crippen molar-refractivity contribution in [3.8, 4) is 0 Å². The first-order valence-corrected chi connectivity index (χ1v) is 10.2. The van der Waals surface area contributed by atoms with E-state index in [9.17, 15) is 24.3 Å². The smallest absolute Gasteiger partial charge is 0.330 e. The molecule has 0 saturated carbocycles. The van der Waals surface area contributed by atoms with E-state index in [4.69, 9.17) is 14.2 Å². The minimum atomic E-state index is -2.47. The van der Waals surface area contributed by atoms with E-state index in [1.807, 2.05) is 0 Å². The summed E-state index contributed by atoms with van der Waals surface area (Å²) in [6.07, 6.45) is -1.98. The second-order valence-corrected chi connectivity index (χ2v) is 9.50. The number of hydrogen-bond acceptors (Lipinski definition) is 8. The van der Waals surface area contributed by atoms with Crippen LogP contribution in [0.25, 0.3) is 0 Å². The summed E-state index contributed by atoms with van der Waals surface area (Å²) in [5, 5.41) is 10.8. The van der Waals surface area contributed by atoms with Gasteiger partial charge in [-0.3, -0.25) is 23.9 Å². The van der Waals surface area contributed by atoms with Gasteiger partial charge in [-0.05, 0) is 41.5 Å². The second kappa shape index (κ2) is 8.78. The summed E-state index contributed by atoms with van der Waals surface area (Å²) in [5.74, 6) is -2.17. The summed E-state index contributed by atoms with van der Waals surface area (Å²) < 4.78 is 32.3. The van der Waals surface area contributed by atoms with Gasteiger partial charge in [0.1, 0.15) is 23.9 Å². The van der Waals surface area contributed by atoms with Crippen LogP contribution in [0.2, 0.25) is 0 Å². The number of H-pyrrole nitrogens is 1. The summed E-state index contributed by atoms with van der Waals surface area (Å²) in [6, 6.07) is 0. The van der Waals surface area contributed by atoms with Crippen molar-refractivity contribution in [2.24, 2.45) is 5.92 Å². The number of aryl methyl sites for hydroxylation is 1. The zero-order chi connectivity index (χ0) is 24.6. The molecular weight excluding hydrogens is 427 g/mol. The van der Waals surface area contributed by atoms with E-state index in [1.54, 1.807) is 20.8 Å². The number of ether oxygens (including phenoxy) is 3. The van der Waals surface area contributed by atoms with Gasteiger partial charge in [-0.2, -0.15) is 0 Å². The van der Waals surface area contributed by atoms with Gasteiger partial charge in [0, 0.05) is 11.8 Å². The fourth-order valence-corrected chi connectivity index (χ4v) is 3.29. The van der Waals surface area contributed by atoms with Crippen molar-refractivity contribution < 1.29 is 33.3 Å². The predicted molar refractivity (Wildman–Crippen MR) is 111 cm³/mol. The summed E-state index contributed by atoms with van der Waals surface area (Å²) in [6.45, 7) is 9.72. The van der Waals surface area contributed by atoms with Crippen molar-refractivity contribution >= 4 is 11.9 Å². The van der Waals surface area contributed by atoms with E-state index in [2.05, 4.69) is 4.98 Å². The number of aromatic amines is 1. The van der Waals surface area contributed by atoms with Crippen LogP contribution in [0.4, 0.5) is 4.39 Å². The van der Waals surface area contributed by atoms with E-state index >= 15 is 4.39 Å². The number of esters is 2. The molecule has 0 radical (unpaired) electrons. The minimum absolute atomic E-state index is 0.148. The first-order chi connectivity index (χ1) is 14.5. The first kappa shape index (κ1) is 25.7. The van der Waals surface area contributed by atoms with Gasteiger partial charge >= 0.3 is 17.6 Å². The molecule has 0 bridgehead atoms. The van der Waals surface area contributed by atoms with Crippen LogP contribution in [-0.2, 0) is 23.8 Å². The van der Waals surface area contributed by atoms with Crippen LogP contribution < -0.4 is 11.2 Å². The molecule has 180 valence electrons. The number of carbonyl (C=O) groups is 2. The van der Waals surface area contributed by atoms with Gasteiger partial charge in [0.15, 0.2) is 11.9 Å². The maximum Gasteiger partial charge on any atom is 0.330 e. The third-order valence-electron chi connectivity index (χ3n) is 5.44. The van der Waals surface area contributed by atoms with E-state index in [1.165, 1.54) is 20.8 Å². The molecule has 1 aromatic rings. The topological polar surface area (TPSA) is 137 Å². The lowest BCUT2D eigenvalue weighted by atomic mass is 9.84. The molecule has 1 aliphatic rings. The van der Waals surface area contributed by atoms with Gasteiger partial charge in [0.05, 0.1) is 12.3 Å². The second-order valence-electron chi connectivity index (χ2n) is 9.50. The number of nitrogens with zero attached hydrogens (tertiary/aromatic N) is 1. The van der Waals surface area contributed by atoms with Crippen LogP contribution in [0.1, 0.15) is 59.8 Å². The molecule has 1 saturated heterocycles. The van der Waals surface area contributed by atoms with Crippen LogP contribution in [-0.4, -0.2) is 56.2 Å². The average molecular weight is 458 g/mol. The Bertz CT molecular complexity index is 989. The van der Waals surface area contributed by atoms with E-state index in [0.29, 0.717) is 0 Å². The van der Waals surface area contributed by atoms with Crippen molar-refractivity contribution in [2.45, 2.75) is 84.1 Å². The molecule has 2 N–H and O–H groups in total. The lowest BCUT2D eigenvalue weighted by Crippen LogP contribution is -2.53. The van der Waals surface area contributed by atoms with Crippen molar-refractivity contribution in [2.75, 3.05) is 6.61 Å². The van der Waals surface area contributed by atoms with Gasteiger partial charge in [-0.15, -0.1) is 0 Å². The highest BCUT2D eigenvalue weighted by molar-refractivity contribution is 5.79. The largest absolute Gasteiger partial charge is 0.463 e. The predicted octanol–water partition coefficient (Wildman–Crippen LogP) is 1.13. The summed E-state index contributed by atoms with van der Waals surface area (Å²) in [4.78, 5) is 50.1. The Balaban J connectivity index is 2.12. The zero-order valence-electron chi connectivity index (χ0n) is 19.4. The SMILES string of the molecule is Cc1cn(C2O[C@H](COC(=O)[C@H](C)CC(=O)OC(C)(C)C)C(C)(O)[C@@]2(C)F)c(=O)[nH]c1=O. The number of aliphatic hydroxyl groups is 1. The number of nitrogens with one attached hydrogen (secondary N) is 1. The molecule has 1 fully saturated rings. The maximum absolute atomic E-state index is 15.6. The molecule has 10 nitrogen and oxygen atoms in total. The van der Waals surface area contributed by atoms with Gasteiger partial charge in [-0.25, -0.2) is 9.18 Å². The fourth-order valence-electron chi connectivity index (χ4n) is 3.29. The first-order valence-electron chi connectivity index (χ1n) is 10.2. The molecule has 1 aliphatic heterocycles. The van der Waals surface area contributed by atoms with E-state index in [0.717, 1.165) is 17.7 Å². The highest BCUT2D eigenvalue weighted by atomic mass is 19.1. The molecule has 5 atom stereocenters. The lowest BCUT2D eigenvalue weighted by Gasteiger charge is -2.33. The maximum atomic E-state index is 15.6. The Morgan fingerprint density at radius 2 is 1.94 bits per heavy atom. The van der Waals surface area contributed by atoms with Crippen LogP contribution in [0.15, 0.2) is 15.8 Å². The van der Waals surface area contributed by atoms with Gasteiger partial charge in [0.2, 0.25) is 0 Å². The lowest BCUT2D eigenvalue weighted by molar-refractivity contribution is -0.165. The Hall–Kier alpha value is -2.53. The van der Waals surface area contributed by atoms with Crippen LogP contribution >= 0.6 is 0 Å². The quantitative estimate of drug-likeness (QED) is 0.606. The van der Waals surface area contributed by atoms with E-state index in [-0.39, 0.29) is 12.0 Å². The molecule has 2 rings (SSSR count). The molecule has 2 heterocycles. The minimum Gasteiger partial charge on any atom is -0.463 e. The number of aromatic nitrogens is 2. The van der Waals surface area contributed by atoms with Gasteiger partial charge < -0.3 is 19.3 Å². The molecule has 0 spiro atoms. The number of alkyl halides is 1. The van der Waals surface area contributed by atoms with Crippen LogP contribution in [0, 0.1) is 12.8 Å². The third-order valence-corrected chi connectivity index (χ3v) is 5.44. The summed E-state index contributed by atoms with van der Waals surface area (Å²) in [7, 11) is 0. The van der Waals surface area contributed by atoms with E-state index < -0.39 is 64.9 Å². The Labute approximate surface area is 184 Å². The summed E-state index contributed by atoms with van der Waals surface area (Å²) >= 11 is 0. The van der Waals surface area contributed by atoms with Crippen molar-refractivity contribution in [3.63, 3.8) is 0 Å².